The Morgan fingerprint density at radius 1 is 1.40 bits per heavy atom. The van der Waals surface area contributed by atoms with Crippen molar-refractivity contribution in [3.8, 4) is 5.75 Å². The van der Waals surface area contributed by atoms with Gasteiger partial charge in [-0.1, -0.05) is 13.0 Å². The molecular formula is C14H22FNO3S. The van der Waals surface area contributed by atoms with E-state index in [1.807, 2.05) is 6.92 Å². The van der Waals surface area contributed by atoms with Gasteiger partial charge < -0.3 is 10.1 Å². The fourth-order valence-corrected chi connectivity index (χ4v) is 2.77. The monoisotopic (exact) mass is 303 g/mol. The first-order valence-electron chi connectivity index (χ1n) is 6.62. The molecule has 0 radical (unpaired) electrons. The number of sulfone groups is 1. The van der Waals surface area contributed by atoms with Crippen LogP contribution in [-0.2, 0) is 9.84 Å². The highest BCUT2D eigenvalue weighted by molar-refractivity contribution is 7.90. The van der Waals surface area contributed by atoms with Gasteiger partial charge in [-0.2, -0.15) is 0 Å². The van der Waals surface area contributed by atoms with E-state index in [1.165, 1.54) is 19.4 Å². The quantitative estimate of drug-likeness (QED) is 0.800. The highest BCUT2D eigenvalue weighted by Crippen LogP contribution is 2.24. The third-order valence-corrected chi connectivity index (χ3v) is 4.07. The van der Waals surface area contributed by atoms with E-state index >= 15 is 0 Å². The summed E-state index contributed by atoms with van der Waals surface area (Å²) in [5.41, 5.74) is 0.804. The summed E-state index contributed by atoms with van der Waals surface area (Å²) < 4.78 is 40.9. The molecule has 1 aromatic rings. The lowest BCUT2D eigenvalue weighted by Crippen LogP contribution is -2.22. The molecule has 1 atom stereocenters. The molecule has 20 heavy (non-hydrogen) atoms. The van der Waals surface area contributed by atoms with Gasteiger partial charge >= 0.3 is 0 Å². The van der Waals surface area contributed by atoms with E-state index in [4.69, 9.17) is 4.74 Å². The van der Waals surface area contributed by atoms with Crippen LogP contribution in [0.1, 0.15) is 31.4 Å². The number of hydrogen-bond acceptors (Lipinski definition) is 4. The maximum absolute atomic E-state index is 13.7. The van der Waals surface area contributed by atoms with Gasteiger partial charge in [-0.15, -0.1) is 0 Å². The van der Waals surface area contributed by atoms with Gasteiger partial charge in [-0.05, 0) is 37.1 Å². The standard InChI is InChI=1S/C14H22FNO3S/c1-4-16-13(6-5-9-20(3,17)18)11-7-8-14(19-2)12(15)10-11/h7-8,10,13,16H,4-6,9H2,1-3H3. The van der Waals surface area contributed by atoms with Gasteiger partial charge in [0.1, 0.15) is 9.84 Å². The minimum Gasteiger partial charge on any atom is -0.494 e. The molecule has 1 rings (SSSR count). The van der Waals surface area contributed by atoms with Gasteiger partial charge in [-0.3, -0.25) is 0 Å². The predicted octanol–water partition coefficient (Wildman–Crippen LogP) is 2.31. The van der Waals surface area contributed by atoms with Gasteiger partial charge in [0.05, 0.1) is 7.11 Å². The Bertz CT molecular complexity index is 531. The van der Waals surface area contributed by atoms with Crippen LogP contribution in [0.25, 0.3) is 0 Å². The van der Waals surface area contributed by atoms with Crippen molar-refractivity contribution in [2.24, 2.45) is 0 Å². The van der Waals surface area contributed by atoms with Crippen molar-refractivity contribution in [3.63, 3.8) is 0 Å². The van der Waals surface area contributed by atoms with Gasteiger partial charge in [0.25, 0.3) is 0 Å². The highest BCUT2D eigenvalue weighted by atomic mass is 32.2. The molecule has 0 aliphatic rings. The summed E-state index contributed by atoms with van der Waals surface area (Å²) in [5, 5.41) is 3.25. The second kappa shape index (κ2) is 7.59. The third-order valence-electron chi connectivity index (χ3n) is 3.04. The first-order valence-corrected chi connectivity index (χ1v) is 8.68. The summed E-state index contributed by atoms with van der Waals surface area (Å²) in [6, 6.07) is 4.77. The molecule has 0 aliphatic carbocycles. The maximum Gasteiger partial charge on any atom is 0.165 e. The van der Waals surface area contributed by atoms with E-state index in [-0.39, 0.29) is 17.5 Å². The zero-order chi connectivity index (χ0) is 15.2. The molecule has 1 N–H and O–H groups in total. The smallest absolute Gasteiger partial charge is 0.165 e. The molecule has 0 saturated heterocycles. The van der Waals surface area contributed by atoms with Crippen molar-refractivity contribution in [3.05, 3.63) is 29.6 Å². The Labute approximate surface area is 120 Å². The molecule has 114 valence electrons. The van der Waals surface area contributed by atoms with Crippen molar-refractivity contribution in [2.75, 3.05) is 25.7 Å². The number of halogens is 1. The Balaban J connectivity index is 2.77. The van der Waals surface area contributed by atoms with Crippen LogP contribution in [-0.4, -0.2) is 34.1 Å². The number of hydrogen-bond donors (Lipinski definition) is 1. The topological polar surface area (TPSA) is 55.4 Å². The van der Waals surface area contributed by atoms with Crippen LogP contribution in [0, 0.1) is 5.82 Å². The van der Waals surface area contributed by atoms with Crippen LogP contribution in [0.3, 0.4) is 0 Å². The van der Waals surface area contributed by atoms with Crippen LogP contribution in [0.2, 0.25) is 0 Å². The number of ether oxygens (including phenoxy) is 1. The van der Waals surface area contributed by atoms with Gasteiger partial charge in [0, 0.05) is 18.1 Å². The zero-order valence-corrected chi connectivity index (χ0v) is 13.0. The summed E-state index contributed by atoms with van der Waals surface area (Å²) in [6.45, 7) is 2.70. The predicted molar refractivity (Wildman–Crippen MR) is 78.3 cm³/mol. The SMILES string of the molecule is CCNC(CCCS(C)(=O)=O)c1ccc(OC)c(F)c1. The molecule has 0 spiro atoms. The van der Waals surface area contributed by atoms with E-state index < -0.39 is 15.7 Å². The van der Waals surface area contributed by atoms with E-state index in [0.29, 0.717) is 12.8 Å². The first kappa shape index (κ1) is 16.9. The van der Waals surface area contributed by atoms with E-state index in [0.717, 1.165) is 12.1 Å². The largest absolute Gasteiger partial charge is 0.494 e. The Morgan fingerprint density at radius 2 is 2.10 bits per heavy atom. The minimum atomic E-state index is -2.96. The third kappa shape index (κ3) is 5.46. The average molecular weight is 303 g/mol. The highest BCUT2D eigenvalue weighted by Gasteiger charge is 2.14. The molecule has 4 nitrogen and oxygen atoms in total. The second-order valence-electron chi connectivity index (χ2n) is 4.78. The van der Waals surface area contributed by atoms with Gasteiger partial charge in [0.2, 0.25) is 0 Å². The van der Waals surface area contributed by atoms with Crippen molar-refractivity contribution < 1.29 is 17.5 Å². The summed E-state index contributed by atoms with van der Waals surface area (Å²) in [5.74, 6) is -0.0516. The Hall–Kier alpha value is -1.14. The molecule has 0 saturated carbocycles. The number of benzene rings is 1. The summed E-state index contributed by atoms with van der Waals surface area (Å²) in [6.07, 6.45) is 2.42. The van der Waals surface area contributed by atoms with Gasteiger partial charge in [-0.25, -0.2) is 12.8 Å². The molecule has 1 aromatic carbocycles. The van der Waals surface area contributed by atoms with Crippen molar-refractivity contribution in [1.29, 1.82) is 0 Å². The van der Waals surface area contributed by atoms with Crippen LogP contribution in [0.5, 0.6) is 5.75 Å². The summed E-state index contributed by atoms with van der Waals surface area (Å²) in [4.78, 5) is 0. The Kier molecular flexibility index (Phi) is 6.42. The molecule has 6 heteroatoms. The van der Waals surface area contributed by atoms with Gasteiger partial charge in [0.15, 0.2) is 11.6 Å². The van der Waals surface area contributed by atoms with Crippen LogP contribution in [0.4, 0.5) is 4.39 Å². The lowest BCUT2D eigenvalue weighted by molar-refractivity contribution is 0.385. The fourth-order valence-electron chi connectivity index (χ4n) is 2.08. The number of nitrogens with one attached hydrogen (secondary N) is 1. The molecule has 0 fully saturated rings. The van der Waals surface area contributed by atoms with Crippen molar-refractivity contribution in [2.45, 2.75) is 25.8 Å². The molecule has 0 bridgehead atoms. The summed E-state index contributed by atoms with van der Waals surface area (Å²) in [7, 11) is -1.54. The van der Waals surface area contributed by atoms with E-state index in [9.17, 15) is 12.8 Å². The fraction of sp³-hybridized carbons (Fsp3) is 0.571. The van der Waals surface area contributed by atoms with Crippen LogP contribution < -0.4 is 10.1 Å². The molecule has 0 amide bonds. The van der Waals surface area contributed by atoms with Crippen LogP contribution in [0.15, 0.2) is 18.2 Å². The molecule has 0 aliphatic heterocycles. The van der Waals surface area contributed by atoms with E-state index in [2.05, 4.69) is 5.32 Å². The van der Waals surface area contributed by atoms with Crippen molar-refractivity contribution >= 4 is 9.84 Å². The molecule has 0 heterocycles. The zero-order valence-electron chi connectivity index (χ0n) is 12.1. The Morgan fingerprint density at radius 3 is 2.60 bits per heavy atom. The van der Waals surface area contributed by atoms with Crippen LogP contribution >= 0.6 is 0 Å². The summed E-state index contributed by atoms with van der Waals surface area (Å²) >= 11 is 0. The second-order valence-corrected chi connectivity index (χ2v) is 7.04. The van der Waals surface area contributed by atoms with E-state index in [1.54, 1.807) is 12.1 Å². The number of methoxy groups -OCH3 is 1. The molecule has 1 unspecified atom stereocenters. The van der Waals surface area contributed by atoms with Crippen molar-refractivity contribution in [1.82, 2.24) is 5.32 Å². The first-order chi connectivity index (χ1) is 9.37. The lowest BCUT2D eigenvalue weighted by atomic mass is 10.0. The minimum absolute atomic E-state index is 0.0536. The lowest BCUT2D eigenvalue weighted by Gasteiger charge is -2.18. The normalized spacial score (nSPS) is 13.2. The maximum atomic E-state index is 13.7. The average Bonchev–Trinajstić information content (AvgIpc) is 2.36. The molecule has 0 aromatic heterocycles. The molecular weight excluding hydrogens is 281 g/mol. The number of rotatable bonds is 8.